The van der Waals surface area contributed by atoms with Gasteiger partial charge in [-0.2, -0.15) is 4.98 Å². The third kappa shape index (κ3) is 4.23. The van der Waals surface area contributed by atoms with Crippen molar-refractivity contribution in [2.75, 3.05) is 24.7 Å². The maximum atomic E-state index is 13.4. The molecule has 0 aliphatic carbocycles. The van der Waals surface area contributed by atoms with Crippen LogP contribution >= 0.6 is 0 Å². The van der Waals surface area contributed by atoms with Crippen LogP contribution < -0.4 is 20.9 Å². The largest absolute Gasteiger partial charge is 0.457 e. The van der Waals surface area contributed by atoms with Crippen LogP contribution in [0.5, 0.6) is 11.5 Å². The van der Waals surface area contributed by atoms with Gasteiger partial charge in [-0.05, 0) is 49.2 Å². The van der Waals surface area contributed by atoms with Crippen LogP contribution in [0.2, 0.25) is 0 Å². The average Bonchev–Trinajstić information content (AvgIpc) is 3.25. The number of rotatable bonds is 7. The molecular formula is C26H29N5O4. The smallest absolute Gasteiger partial charge is 0.332 e. The molecule has 0 unspecified atom stereocenters. The number of nitrogens with zero attached hydrogens (tertiary/aromatic N) is 5. The highest BCUT2D eigenvalue weighted by molar-refractivity contribution is 5.77. The Balaban J connectivity index is 1.54. The van der Waals surface area contributed by atoms with Crippen molar-refractivity contribution in [2.45, 2.75) is 26.9 Å². The minimum absolute atomic E-state index is 0.206. The third-order valence-corrected chi connectivity index (χ3v) is 6.23. The normalized spacial score (nSPS) is 15.4. The van der Waals surface area contributed by atoms with Crippen molar-refractivity contribution in [3.05, 3.63) is 75.4 Å². The lowest BCUT2D eigenvalue weighted by Crippen LogP contribution is -2.41. The molecule has 0 spiro atoms. The number of fused-ring (bicyclic) bond motifs is 3. The second-order valence-electron chi connectivity index (χ2n) is 8.81. The average molecular weight is 476 g/mol. The number of aromatic nitrogens is 4. The molecule has 0 N–H and O–H groups in total. The Labute approximate surface area is 202 Å². The minimum atomic E-state index is -0.389. The Kier molecular flexibility index (Phi) is 6.17. The summed E-state index contributed by atoms with van der Waals surface area (Å²) in [5, 5.41) is 0. The van der Waals surface area contributed by atoms with Crippen LogP contribution in [0.1, 0.15) is 13.8 Å². The van der Waals surface area contributed by atoms with E-state index in [4.69, 9.17) is 14.5 Å². The van der Waals surface area contributed by atoms with Crippen molar-refractivity contribution in [3.63, 3.8) is 0 Å². The monoisotopic (exact) mass is 475 g/mol. The molecular weight excluding hydrogens is 446 g/mol. The predicted octanol–water partition coefficient (Wildman–Crippen LogP) is 3.51. The van der Waals surface area contributed by atoms with Crippen molar-refractivity contribution < 1.29 is 9.47 Å². The molecule has 5 rings (SSSR count). The first kappa shape index (κ1) is 22.9. The van der Waals surface area contributed by atoms with Gasteiger partial charge in [-0.15, -0.1) is 0 Å². The van der Waals surface area contributed by atoms with Gasteiger partial charge >= 0.3 is 5.69 Å². The van der Waals surface area contributed by atoms with Gasteiger partial charge in [0.1, 0.15) is 11.5 Å². The molecule has 0 radical (unpaired) electrons. The molecule has 4 aromatic rings. The summed E-state index contributed by atoms with van der Waals surface area (Å²) < 4.78 is 15.9. The van der Waals surface area contributed by atoms with E-state index in [1.165, 1.54) is 9.13 Å². The van der Waals surface area contributed by atoms with Crippen molar-refractivity contribution in [2.24, 2.45) is 13.0 Å². The molecule has 182 valence electrons. The third-order valence-electron chi connectivity index (χ3n) is 6.23. The van der Waals surface area contributed by atoms with E-state index in [-0.39, 0.29) is 23.7 Å². The summed E-state index contributed by atoms with van der Waals surface area (Å²) in [6, 6.07) is 17.4. The minimum Gasteiger partial charge on any atom is -0.457 e. The molecule has 1 atom stereocenters. The number of aryl methyl sites for hydroxylation is 1. The number of ether oxygens (including phenoxy) is 2. The Morgan fingerprint density at radius 2 is 1.71 bits per heavy atom. The van der Waals surface area contributed by atoms with Crippen LogP contribution in [0.15, 0.2) is 64.2 Å². The molecule has 0 saturated carbocycles. The molecule has 9 nitrogen and oxygen atoms in total. The fraction of sp³-hybridized carbons (Fsp3) is 0.346. The topological polar surface area (TPSA) is 83.5 Å². The van der Waals surface area contributed by atoms with Crippen molar-refractivity contribution in [1.29, 1.82) is 0 Å². The van der Waals surface area contributed by atoms with Crippen LogP contribution in [0.3, 0.4) is 0 Å². The predicted molar refractivity (Wildman–Crippen MR) is 135 cm³/mol. The fourth-order valence-electron chi connectivity index (χ4n) is 4.54. The molecule has 1 aliphatic rings. The van der Waals surface area contributed by atoms with E-state index >= 15 is 0 Å². The van der Waals surface area contributed by atoms with E-state index < -0.39 is 0 Å². The first-order valence-electron chi connectivity index (χ1n) is 11.9. The second-order valence-corrected chi connectivity index (χ2v) is 8.81. The highest BCUT2D eigenvalue weighted by Crippen LogP contribution is 2.34. The number of anilines is 2. The maximum Gasteiger partial charge on any atom is 0.332 e. The van der Waals surface area contributed by atoms with Crippen LogP contribution in [-0.4, -0.2) is 38.4 Å². The second kappa shape index (κ2) is 9.42. The van der Waals surface area contributed by atoms with Crippen molar-refractivity contribution in [3.8, 4) is 11.5 Å². The molecule has 1 aliphatic heterocycles. The molecule has 3 heterocycles. The van der Waals surface area contributed by atoms with Gasteiger partial charge in [0.25, 0.3) is 5.56 Å². The van der Waals surface area contributed by atoms with Crippen LogP contribution in [0.4, 0.5) is 11.6 Å². The maximum absolute atomic E-state index is 13.4. The lowest BCUT2D eigenvalue weighted by atomic mass is 10.1. The van der Waals surface area contributed by atoms with Gasteiger partial charge in [-0.3, -0.25) is 13.9 Å². The van der Waals surface area contributed by atoms with E-state index in [9.17, 15) is 9.59 Å². The Hall–Kier alpha value is -3.85. The Morgan fingerprint density at radius 3 is 2.43 bits per heavy atom. The molecule has 2 aromatic heterocycles. The van der Waals surface area contributed by atoms with E-state index in [1.54, 1.807) is 7.05 Å². The number of benzene rings is 2. The van der Waals surface area contributed by atoms with Gasteiger partial charge in [-0.25, -0.2) is 4.79 Å². The number of imidazole rings is 1. The summed E-state index contributed by atoms with van der Waals surface area (Å²) >= 11 is 0. The van der Waals surface area contributed by atoms with Crippen molar-refractivity contribution >= 4 is 22.8 Å². The molecule has 2 aromatic carbocycles. The fourth-order valence-corrected chi connectivity index (χ4v) is 4.54. The standard InChI is InChI=1S/C26H29N5O4/c1-4-34-15-14-29-24(32)22-23(28(3)26(29)33)27-25-30(16-18(2)17-31(22)25)19-10-12-21(13-11-19)35-20-8-6-5-7-9-20/h5-13,18H,4,14-17H2,1-3H3/t18-/m1/s1. The lowest BCUT2D eigenvalue weighted by Gasteiger charge is -2.33. The molecule has 0 fully saturated rings. The number of para-hydroxylation sites is 1. The van der Waals surface area contributed by atoms with Crippen LogP contribution in [-0.2, 0) is 24.9 Å². The molecule has 35 heavy (non-hydrogen) atoms. The Bertz CT molecular complexity index is 1450. The zero-order valence-electron chi connectivity index (χ0n) is 20.2. The van der Waals surface area contributed by atoms with E-state index in [1.807, 2.05) is 66.1 Å². The lowest BCUT2D eigenvalue weighted by molar-refractivity contribution is 0.137. The number of hydrogen-bond donors (Lipinski definition) is 0. The molecule has 9 heteroatoms. The van der Waals surface area contributed by atoms with Gasteiger partial charge in [0.2, 0.25) is 5.95 Å². The van der Waals surface area contributed by atoms with Crippen LogP contribution in [0.25, 0.3) is 11.2 Å². The SMILES string of the molecule is CCOCCn1c(=O)c2c(nc3n2C[C@H](C)CN3c2ccc(Oc3ccccc3)cc2)n(C)c1=O. The van der Waals surface area contributed by atoms with Crippen LogP contribution in [0, 0.1) is 5.92 Å². The summed E-state index contributed by atoms with van der Waals surface area (Å²) in [5.41, 5.74) is 1.06. The van der Waals surface area contributed by atoms with Gasteiger partial charge < -0.3 is 18.9 Å². The summed E-state index contributed by atoms with van der Waals surface area (Å²) in [6.07, 6.45) is 0. The zero-order chi connectivity index (χ0) is 24.5. The summed E-state index contributed by atoms with van der Waals surface area (Å²) in [7, 11) is 1.66. The molecule has 0 amide bonds. The van der Waals surface area contributed by atoms with E-state index in [0.717, 1.165) is 23.7 Å². The van der Waals surface area contributed by atoms with E-state index in [2.05, 4.69) is 11.8 Å². The highest BCUT2D eigenvalue weighted by Gasteiger charge is 2.29. The van der Waals surface area contributed by atoms with Gasteiger partial charge in [0.05, 0.1) is 13.2 Å². The summed E-state index contributed by atoms with van der Waals surface area (Å²) in [5.74, 6) is 2.44. The van der Waals surface area contributed by atoms with Gasteiger partial charge in [0.15, 0.2) is 11.2 Å². The highest BCUT2D eigenvalue weighted by atomic mass is 16.5. The quantitative estimate of drug-likeness (QED) is 0.381. The van der Waals surface area contributed by atoms with Crippen molar-refractivity contribution in [1.82, 2.24) is 18.7 Å². The van der Waals surface area contributed by atoms with Gasteiger partial charge in [-0.1, -0.05) is 25.1 Å². The summed E-state index contributed by atoms with van der Waals surface area (Å²) in [4.78, 5) is 33.2. The van der Waals surface area contributed by atoms with E-state index in [0.29, 0.717) is 36.9 Å². The zero-order valence-corrected chi connectivity index (χ0v) is 20.2. The molecule has 0 saturated heterocycles. The first-order valence-corrected chi connectivity index (χ1v) is 11.9. The van der Waals surface area contributed by atoms with Gasteiger partial charge in [0, 0.05) is 32.4 Å². The first-order chi connectivity index (χ1) is 17.0. The summed E-state index contributed by atoms with van der Waals surface area (Å²) in [6.45, 7) is 6.46. The molecule has 0 bridgehead atoms. The number of hydrogen-bond acceptors (Lipinski definition) is 6. The Morgan fingerprint density at radius 1 is 1.00 bits per heavy atom.